The highest BCUT2D eigenvalue weighted by atomic mass is 16.6. The third-order valence-corrected chi connectivity index (χ3v) is 7.50. The molecule has 0 aliphatic heterocycles. The Labute approximate surface area is 264 Å². The maximum Gasteiger partial charge on any atom is 0.334 e. The lowest BCUT2D eigenvalue weighted by Crippen LogP contribution is -2.49. The van der Waals surface area contributed by atoms with Crippen LogP contribution >= 0.6 is 0 Å². The van der Waals surface area contributed by atoms with Gasteiger partial charge in [-0.3, -0.25) is 0 Å². The first-order valence-corrected chi connectivity index (χ1v) is 14.6. The molecule has 2 atom stereocenters. The molecule has 0 aliphatic carbocycles. The van der Waals surface area contributed by atoms with Gasteiger partial charge in [-0.2, -0.15) is 0 Å². The van der Waals surface area contributed by atoms with Crippen LogP contribution in [0.4, 0.5) is 0 Å². The molecule has 7 nitrogen and oxygen atoms in total. The highest BCUT2D eigenvalue weighted by Gasteiger charge is 2.48. The summed E-state index contributed by atoms with van der Waals surface area (Å²) in [5, 5.41) is 23.7. The molecule has 0 spiro atoms. The predicted octanol–water partition coefficient (Wildman–Crippen LogP) is 5.85. The van der Waals surface area contributed by atoms with E-state index in [0.29, 0.717) is 22.3 Å². The van der Waals surface area contributed by atoms with E-state index in [1.807, 2.05) is 24.3 Å². The normalized spacial score (nSPS) is 12.9. The van der Waals surface area contributed by atoms with Gasteiger partial charge in [-0.05, 0) is 13.8 Å². The molecular formula is C38H38O7. The molecule has 0 radical (unpaired) electrons. The Morgan fingerprint density at radius 3 is 1.02 bits per heavy atom. The smallest absolute Gasteiger partial charge is 0.334 e. The second kappa shape index (κ2) is 14.8. The Balaban J connectivity index is 1.72. The average Bonchev–Trinajstić information content (AvgIpc) is 3.07. The van der Waals surface area contributed by atoms with E-state index in [1.165, 1.54) is 13.8 Å². The van der Waals surface area contributed by atoms with E-state index < -0.39 is 35.3 Å². The lowest BCUT2D eigenvalue weighted by molar-refractivity contribution is -0.176. The summed E-state index contributed by atoms with van der Waals surface area (Å²) >= 11 is 0. The van der Waals surface area contributed by atoms with Gasteiger partial charge in [-0.15, -0.1) is 0 Å². The van der Waals surface area contributed by atoms with E-state index in [4.69, 9.17) is 14.2 Å². The summed E-state index contributed by atoms with van der Waals surface area (Å²) in [6.07, 6.45) is -2.86. The van der Waals surface area contributed by atoms with Crippen LogP contribution in [-0.4, -0.2) is 47.6 Å². The van der Waals surface area contributed by atoms with Gasteiger partial charge in [0, 0.05) is 33.4 Å². The van der Waals surface area contributed by atoms with Crippen molar-refractivity contribution in [2.45, 2.75) is 37.3 Å². The van der Waals surface area contributed by atoms with Crippen molar-refractivity contribution < 1.29 is 34.0 Å². The molecule has 4 rings (SSSR count). The fourth-order valence-corrected chi connectivity index (χ4v) is 5.21. The van der Waals surface area contributed by atoms with E-state index in [2.05, 4.69) is 13.2 Å². The monoisotopic (exact) mass is 606 g/mol. The van der Waals surface area contributed by atoms with Gasteiger partial charge in [-0.25, -0.2) is 9.59 Å². The summed E-state index contributed by atoms with van der Waals surface area (Å²) in [6, 6.07) is 35.5. The number of benzene rings is 4. The van der Waals surface area contributed by atoms with Crippen molar-refractivity contribution in [1.82, 2.24) is 0 Å². The number of hydrogen-bond donors (Lipinski definition) is 2. The summed E-state index contributed by atoms with van der Waals surface area (Å²) in [5.41, 5.74) is -0.977. The minimum atomic E-state index is -1.67. The molecule has 4 aromatic carbocycles. The first kappa shape index (κ1) is 33.1. The topological polar surface area (TPSA) is 102 Å². The fraction of sp³-hybridized carbons (Fsp3) is 0.211. The SMILES string of the molecule is C=C(C)C(=O)OC(c1ccccc1)(c1ccccc1)C(O)COCC(O)C(OC(=O)C(=C)C)(c1ccccc1)c1ccccc1. The maximum absolute atomic E-state index is 13.0. The molecule has 0 aromatic heterocycles. The number of ether oxygens (including phenoxy) is 3. The number of rotatable bonds is 14. The molecular weight excluding hydrogens is 568 g/mol. The van der Waals surface area contributed by atoms with Crippen molar-refractivity contribution in [2.75, 3.05) is 13.2 Å². The number of hydrogen-bond acceptors (Lipinski definition) is 7. The highest BCUT2D eigenvalue weighted by molar-refractivity contribution is 5.88. The van der Waals surface area contributed by atoms with Crippen LogP contribution in [0.3, 0.4) is 0 Å². The van der Waals surface area contributed by atoms with Crippen molar-refractivity contribution in [3.63, 3.8) is 0 Å². The van der Waals surface area contributed by atoms with Gasteiger partial charge in [-0.1, -0.05) is 134 Å². The Kier molecular flexibility index (Phi) is 10.9. The largest absolute Gasteiger partial charge is 0.443 e. The van der Waals surface area contributed by atoms with Gasteiger partial charge >= 0.3 is 11.9 Å². The quantitative estimate of drug-likeness (QED) is 0.137. The molecule has 0 saturated carbocycles. The van der Waals surface area contributed by atoms with E-state index in [0.717, 1.165) is 0 Å². The van der Waals surface area contributed by atoms with Crippen LogP contribution in [0, 0.1) is 0 Å². The maximum atomic E-state index is 13.0. The van der Waals surface area contributed by atoms with Crippen LogP contribution in [0.5, 0.6) is 0 Å². The molecule has 0 aliphatic rings. The summed E-state index contributed by atoms with van der Waals surface area (Å²) in [6.45, 7) is 9.78. The zero-order valence-corrected chi connectivity index (χ0v) is 25.5. The van der Waals surface area contributed by atoms with E-state index in [1.54, 1.807) is 97.1 Å². The third-order valence-electron chi connectivity index (χ3n) is 7.50. The van der Waals surface area contributed by atoms with E-state index >= 15 is 0 Å². The molecule has 7 heteroatoms. The lowest BCUT2D eigenvalue weighted by Gasteiger charge is -2.40. The number of aliphatic hydroxyl groups is 2. The Morgan fingerprint density at radius 2 is 0.800 bits per heavy atom. The third kappa shape index (κ3) is 7.13. The Hall–Kier alpha value is -4.82. The van der Waals surface area contributed by atoms with Crippen molar-refractivity contribution in [1.29, 1.82) is 0 Å². The predicted molar refractivity (Wildman–Crippen MR) is 172 cm³/mol. The zero-order chi connectivity index (χ0) is 32.5. The van der Waals surface area contributed by atoms with Crippen LogP contribution in [0.1, 0.15) is 36.1 Å². The highest BCUT2D eigenvalue weighted by Crippen LogP contribution is 2.40. The summed E-state index contributed by atoms with van der Waals surface area (Å²) in [4.78, 5) is 26.1. The first-order valence-electron chi connectivity index (χ1n) is 14.6. The van der Waals surface area contributed by atoms with Crippen LogP contribution < -0.4 is 0 Å². The molecule has 4 aromatic rings. The molecule has 45 heavy (non-hydrogen) atoms. The van der Waals surface area contributed by atoms with Gasteiger partial charge in [0.05, 0.1) is 13.2 Å². The second-order valence-electron chi connectivity index (χ2n) is 10.8. The van der Waals surface area contributed by atoms with Crippen LogP contribution in [0.15, 0.2) is 146 Å². The van der Waals surface area contributed by atoms with Gasteiger partial charge in [0.2, 0.25) is 0 Å². The molecule has 0 amide bonds. The number of carbonyl (C=O) groups is 2. The minimum absolute atomic E-state index is 0.157. The number of aliphatic hydroxyl groups excluding tert-OH is 2. The molecule has 2 unspecified atom stereocenters. The van der Waals surface area contributed by atoms with Crippen molar-refractivity contribution >= 4 is 11.9 Å². The number of carbonyl (C=O) groups excluding carboxylic acids is 2. The standard InChI is InChI=1S/C38H38O7/c1-27(2)35(41)44-37(29-17-9-5-10-18-29,30-19-11-6-12-20-30)33(39)25-43-26-34(40)38(45-36(42)28(3)4,31-21-13-7-14-22-31)32-23-15-8-16-24-32/h5-24,33-34,39-40H,1,3,25-26H2,2,4H3. The zero-order valence-electron chi connectivity index (χ0n) is 25.5. The minimum Gasteiger partial charge on any atom is -0.443 e. The number of esters is 2. The molecule has 0 heterocycles. The van der Waals surface area contributed by atoms with Crippen LogP contribution in [-0.2, 0) is 35.0 Å². The Bertz CT molecular complexity index is 1380. The average molecular weight is 607 g/mol. The van der Waals surface area contributed by atoms with Gasteiger partial charge < -0.3 is 24.4 Å². The van der Waals surface area contributed by atoms with Crippen molar-refractivity contribution in [3.8, 4) is 0 Å². The van der Waals surface area contributed by atoms with Crippen molar-refractivity contribution in [3.05, 3.63) is 168 Å². The molecule has 2 N–H and O–H groups in total. The second-order valence-corrected chi connectivity index (χ2v) is 10.8. The fourth-order valence-electron chi connectivity index (χ4n) is 5.21. The summed E-state index contributed by atoms with van der Waals surface area (Å²) < 4.78 is 18.1. The van der Waals surface area contributed by atoms with Crippen LogP contribution in [0.25, 0.3) is 0 Å². The van der Waals surface area contributed by atoms with Crippen LogP contribution in [0.2, 0.25) is 0 Å². The summed E-state index contributed by atoms with van der Waals surface area (Å²) in [7, 11) is 0. The Morgan fingerprint density at radius 1 is 0.556 bits per heavy atom. The first-order chi connectivity index (χ1) is 21.6. The van der Waals surface area contributed by atoms with E-state index in [9.17, 15) is 19.8 Å². The van der Waals surface area contributed by atoms with Gasteiger partial charge in [0.25, 0.3) is 0 Å². The van der Waals surface area contributed by atoms with Gasteiger partial charge in [0.15, 0.2) is 11.2 Å². The molecule has 0 bridgehead atoms. The van der Waals surface area contributed by atoms with Crippen molar-refractivity contribution in [2.24, 2.45) is 0 Å². The molecule has 232 valence electrons. The van der Waals surface area contributed by atoms with Gasteiger partial charge in [0.1, 0.15) is 12.2 Å². The molecule has 0 fully saturated rings. The molecule has 0 saturated heterocycles. The summed E-state index contributed by atoms with van der Waals surface area (Å²) in [5.74, 6) is -1.39. The van der Waals surface area contributed by atoms with E-state index in [-0.39, 0.29) is 24.4 Å². The lowest BCUT2D eigenvalue weighted by atomic mass is 9.80.